The molecular formula is C19H14N4OS. The molecule has 0 fully saturated rings. The molecule has 0 saturated heterocycles. The van der Waals surface area contributed by atoms with Gasteiger partial charge in [0, 0.05) is 29.6 Å². The molecular weight excluding hydrogens is 332 g/mol. The van der Waals surface area contributed by atoms with Crippen molar-refractivity contribution in [2.24, 2.45) is 0 Å². The largest absolute Gasteiger partial charge is 0.325 e. The summed E-state index contributed by atoms with van der Waals surface area (Å²) >= 11 is 1.74. The molecule has 122 valence electrons. The van der Waals surface area contributed by atoms with E-state index in [1.54, 1.807) is 36.0 Å². The van der Waals surface area contributed by atoms with Crippen LogP contribution in [0.2, 0.25) is 0 Å². The molecule has 0 atom stereocenters. The van der Waals surface area contributed by atoms with Crippen LogP contribution in [0.15, 0.2) is 59.9 Å². The van der Waals surface area contributed by atoms with E-state index < -0.39 is 0 Å². The molecule has 5 nitrogen and oxygen atoms in total. The topological polar surface area (TPSA) is 70.7 Å². The molecule has 1 aromatic heterocycles. The predicted molar refractivity (Wildman–Crippen MR) is 97.5 cm³/mol. The molecule has 2 aromatic carbocycles. The molecule has 0 bridgehead atoms. The van der Waals surface area contributed by atoms with Gasteiger partial charge in [-0.15, -0.1) is 0 Å². The molecule has 2 heterocycles. The Morgan fingerprint density at radius 2 is 2.12 bits per heavy atom. The second kappa shape index (κ2) is 6.46. The van der Waals surface area contributed by atoms with Gasteiger partial charge >= 0.3 is 0 Å². The zero-order valence-corrected chi connectivity index (χ0v) is 14.1. The van der Waals surface area contributed by atoms with Gasteiger partial charge in [-0.05, 0) is 24.3 Å². The lowest BCUT2D eigenvalue weighted by atomic mass is 10.1. The van der Waals surface area contributed by atoms with E-state index in [-0.39, 0.29) is 5.91 Å². The summed E-state index contributed by atoms with van der Waals surface area (Å²) in [5.41, 5.74) is 3.36. The number of carbonyl (C=O) groups excluding carboxylic acids is 1. The van der Waals surface area contributed by atoms with Gasteiger partial charge in [0.05, 0.1) is 23.0 Å². The number of imidazole rings is 1. The van der Waals surface area contributed by atoms with Gasteiger partial charge in [0.1, 0.15) is 0 Å². The standard InChI is InChI=1S/C19H14N4OS/c20-11-13-4-3-5-14(10-13)18(24)21-16-7-2-1-6-15(16)17-12-23-8-9-25-19(23)22-17/h1-7,10,12H,8-9H2,(H,21,24). The number of hydrogen-bond acceptors (Lipinski definition) is 4. The maximum atomic E-state index is 12.6. The fourth-order valence-corrected chi connectivity index (χ4v) is 3.72. The summed E-state index contributed by atoms with van der Waals surface area (Å²) in [6, 6.07) is 16.3. The van der Waals surface area contributed by atoms with E-state index in [4.69, 9.17) is 5.26 Å². The van der Waals surface area contributed by atoms with Crippen molar-refractivity contribution in [1.29, 1.82) is 5.26 Å². The highest BCUT2D eigenvalue weighted by atomic mass is 32.2. The van der Waals surface area contributed by atoms with E-state index in [1.807, 2.05) is 30.5 Å². The highest BCUT2D eigenvalue weighted by Crippen LogP contribution is 2.32. The second-order valence-corrected chi connectivity index (χ2v) is 6.70. The minimum Gasteiger partial charge on any atom is -0.325 e. The number of benzene rings is 2. The van der Waals surface area contributed by atoms with Crippen LogP contribution >= 0.6 is 11.8 Å². The SMILES string of the molecule is N#Cc1cccc(C(=O)Nc2ccccc2-c2cn3c(n2)SCC3)c1. The summed E-state index contributed by atoms with van der Waals surface area (Å²) in [6.45, 7) is 0.961. The molecule has 0 aliphatic carbocycles. The fourth-order valence-electron chi connectivity index (χ4n) is 2.78. The number of aromatic nitrogens is 2. The van der Waals surface area contributed by atoms with E-state index in [0.29, 0.717) is 16.8 Å². The quantitative estimate of drug-likeness (QED) is 0.783. The summed E-state index contributed by atoms with van der Waals surface area (Å²) in [5, 5.41) is 12.9. The minimum atomic E-state index is -0.245. The van der Waals surface area contributed by atoms with Crippen molar-refractivity contribution in [3.63, 3.8) is 0 Å². The molecule has 0 unspecified atom stereocenters. The van der Waals surface area contributed by atoms with Gasteiger partial charge in [0.15, 0.2) is 5.16 Å². The molecule has 4 rings (SSSR count). The molecule has 1 N–H and O–H groups in total. The number of fused-ring (bicyclic) bond motifs is 1. The number of anilines is 1. The number of aryl methyl sites for hydroxylation is 1. The lowest BCUT2D eigenvalue weighted by Gasteiger charge is -2.10. The van der Waals surface area contributed by atoms with Gasteiger partial charge in [0.2, 0.25) is 0 Å². The highest BCUT2D eigenvalue weighted by molar-refractivity contribution is 7.99. The van der Waals surface area contributed by atoms with E-state index in [9.17, 15) is 4.79 Å². The maximum absolute atomic E-state index is 12.6. The summed E-state index contributed by atoms with van der Waals surface area (Å²) < 4.78 is 2.13. The second-order valence-electron chi connectivity index (χ2n) is 5.64. The molecule has 1 aliphatic rings. The van der Waals surface area contributed by atoms with Crippen LogP contribution in [0.5, 0.6) is 0 Å². The molecule has 0 spiro atoms. The Hall–Kier alpha value is -3.04. The minimum absolute atomic E-state index is 0.245. The Morgan fingerprint density at radius 3 is 2.96 bits per heavy atom. The van der Waals surface area contributed by atoms with Crippen molar-refractivity contribution in [3.8, 4) is 17.3 Å². The van der Waals surface area contributed by atoms with Crippen LogP contribution in [0, 0.1) is 11.3 Å². The van der Waals surface area contributed by atoms with Crippen molar-refractivity contribution in [2.45, 2.75) is 11.7 Å². The molecule has 0 radical (unpaired) electrons. The third-order valence-corrected chi connectivity index (χ3v) is 4.98. The lowest BCUT2D eigenvalue weighted by molar-refractivity contribution is 0.102. The number of para-hydroxylation sites is 1. The third kappa shape index (κ3) is 3.02. The number of carbonyl (C=O) groups is 1. The van der Waals surface area contributed by atoms with Crippen molar-refractivity contribution < 1.29 is 4.79 Å². The first kappa shape index (κ1) is 15.5. The number of hydrogen-bond donors (Lipinski definition) is 1. The van der Waals surface area contributed by atoms with Gasteiger partial charge in [-0.3, -0.25) is 4.79 Å². The Kier molecular flexibility index (Phi) is 4.00. The summed E-state index contributed by atoms with van der Waals surface area (Å²) in [4.78, 5) is 17.2. The smallest absolute Gasteiger partial charge is 0.255 e. The number of amides is 1. The zero-order chi connectivity index (χ0) is 17.2. The number of thioether (sulfide) groups is 1. The fraction of sp³-hybridized carbons (Fsp3) is 0.105. The third-order valence-electron chi connectivity index (χ3n) is 4.01. The van der Waals surface area contributed by atoms with Gasteiger partial charge in [0.25, 0.3) is 5.91 Å². The average molecular weight is 346 g/mol. The first-order valence-corrected chi connectivity index (χ1v) is 8.84. The van der Waals surface area contributed by atoms with Crippen LogP contribution in [0.4, 0.5) is 5.69 Å². The molecule has 6 heteroatoms. The molecule has 25 heavy (non-hydrogen) atoms. The van der Waals surface area contributed by atoms with Crippen molar-refractivity contribution in [3.05, 3.63) is 65.9 Å². The monoisotopic (exact) mass is 346 g/mol. The number of rotatable bonds is 3. The van der Waals surface area contributed by atoms with Crippen LogP contribution in [0.25, 0.3) is 11.3 Å². The Balaban J connectivity index is 1.64. The van der Waals surface area contributed by atoms with E-state index in [2.05, 4.69) is 20.9 Å². The van der Waals surface area contributed by atoms with Crippen LogP contribution in [0.3, 0.4) is 0 Å². The summed E-state index contributed by atoms with van der Waals surface area (Å²) in [7, 11) is 0. The molecule has 0 saturated carbocycles. The highest BCUT2D eigenvalue weighted by Gasteiger charge is 2.18. The zero-order valence-electron chi connectivity index (χ0n) is 13.3. The Morgan fingerprint density at radius 1 is 1.24 bits per heavy atom. The number of nitriles is 1. The van der Waals surface area contributed by atoms with Gasteiger partial charge in [-0.2, -0.15) is 5.26 Å². The van der Waals surface area contributed by atoms with Crippen molar-refractivity contribution in [1.82, 2.24) is 9.55 Å². The first-order chi connectivity index (χ1) is 12.2. The van der Waals surface area contributed by atoms with E-state index in [0.717, 1.165) is 28.7 Å². The Labute approximate surface area is 149 Å². The van der Waals surface area contributed by atoms with Crippen LogP contribution in [0.1, 0.15) is 15.9 Å². The normalized spacial score (nSPS) is 12.4. The maximum Gasteiger partial charge on any atom is 0.255 e. The number of nitrogens with zero attached hydrogens (tertiary/aromatic N) is 3. The van der Waals surface area contributed by atoms with Crippen LogP contribution < -0.4 is 5.32 Å². The van der Waals surface area contributed by atoms with Crippen molar-refractivity contribution in [2.75, 3.05) is 11.1 Å². The first-order valence-electron chi connectivity index (χ1n) is 7.85. The van der Waals surface area contributed by atoms with E-state index >= 15 is 0 Å². The molecule has 1 aliphatic heterocycles. The Bertz CT molecular complexity index is 981. The summed E-state index contributed by atoms with van der Waals surface area (Å²) in [5.74, 6) is 0.807. The van der Waals surface area contributed by atoms with E-state index in [1.165, 1.54) is 0 Å². The molecule has 1 amide bonds. The van der Waals surface area contributed by atoms with Crippen LogP contribution in [-0.4, -0.2) is 21.2 Å². The average Bonchev–Trinajstić information content (AvgIpc) is 3.24. The summed E-state index contributed by atoms with van der Waals surface area (Å²) in [6.07, 6.45) is 2.02. The predicted octanol–water partition coefficient (Wildman–Crippen LogP) is 3.78. The van der Waals surface area contributed by atoms with Gasteiger partial charge in [-0.1, -0.05) is 36.0 Å². The van der Waals surface area contributed by atoms with Gasteiger partial charge in [-0.25, -0.2) is 4.98 Å². The van der Waals surface area contributed by atoms with Crippen LogP contribution in [-0.2, 0) is 6.54 Å². The van der Waals surface area contributed by atoms with Crippen molar-refractivity contribution >= 4 is 23.4 Å². The van der Waals surface area contributed by atoms with Gasteiger partial charge < -0.3 is 9.88 Å². The molecule has 3 aromatic rings. The number of nitrogens with one attached hydrogen (secondary N) is 1. The lowest BCUT2D eigenvalue weighted by Crippen LogP contribution is -2.12.